The van der Waals surface area contributed by atoms with Crippen LogP contribution in [0.15, 0.2) is 45.3 Å². The Balaban J connectivity index is 2.27. The molecule has 0 heterocycles. The summed E-state index contributed by atoms with van der Waals surface area (Å²) in [5, 5.41) is 0. The van der Waals surface area contributed by atoms with Gasteiger partial charge in [-0.1, -0.05) is 37.9 Å². The van der Waals surface area contributed by atoms with Crippen molar-refractivity contribution >= 4 is 37.6 Å². The second-order valence-corrected chi connectivity index (χ2v) is 6.29. The quantitative estimate of drug-likeness (QED) is 0.682. The Bertz CT molecular complexity index is 651. The smallest absolute Gasteiger partial charge is 0.167 e. The average molecular weight is 398 g/mol. The highest BCUT2D eigenvalue weighted by atomic mass is 79.9. The van der Waals surface area contributed by atoms with Crippen LogP contribution in [-0.2, 0) is 6.42 Å². The van der Waals surface area contributed by atoms with Crippen LogP contribution < -0.4 is 4.74 Å². The number of ketones is 1. The fraction of sp³-hybridized carbons (Fsp3) is 0.188. The van der Waals surface area contributed by atoms with Crippen LogP contribution in [0.1, 0.15) is 21.5 Å². The summed E-state index contributed by atoms with van der Waals surface area (Å²) in [5.41, 5.74) is 2.65. The van der Waals surface area contributed by atoms with Gasteiger partial charge in [0.2, 0.25) is 0 Å². The molecular formula is C16H14Br2O2. The lowest BCUT2D eigenvalue weighted by molar-refractivity contribution is 0.0992. The highest BCUT2D eigenvalue weighted by molar-refractivity contribution is 9.10. The molecule has 20 heavy (non-hydrogen) atoms. The number of ether oxygens (including phenoxy) is 1. The normalized spacial score (nSPS) is 10.4. The maximum Gasteiger partial charge on any atom is 0.167 e. The standard InChI is InChI=1S/C16H14Br2O2/c1-10-7-11(3-5-14(10)18)15(19)9-12-8-13(17)4-6-16(12)20-2/h3-8H,9H2,1-2H3. The second-order valence-electron chi connectivity index (χ2n) is 4.52. The van der Waals surface area contributed by atoms with Crippen molar-refractivity contribution < 1.29 is 9.53 Å². The molecule has 0 bridgehead atoms. The van der Waals surface area contributed by atoms with Gasteiger partial charge in [0.25, 0.3) is 0 Å². The predicted octanol–water partition coefficient (Wildman–Crippen LogP) is 4.95. The minimum atomic E-state index is 0.0806. The number of aryl methyl sites for hydroxylation is 1. The molecule has 0 amide bonds. The van der Waals surface area contributed by atoms with Crippen LogP contribution in [0.4, 0.5) is 0 Å². The first kappa shape index (κ1) is 15.3. The summed E-state index contributed by atoms with van der Waals surface area (Å²) in [7, 11) is 1.61. The zero-order valence-corrected chi connectivity index (χ0v) is 14.4. The number of halogens is 2. The van der Waals surface area contributed by atoms with E-state index >= 15 is 0 Å². The summed E-state index contributed by atoms with van der Waals surface area (Å²) in [6, 6.07) is 11.3. The van der Waals surface area contributed by atoms with Gasteiger partial charge in [0.05, 0.1) is 7.11 Å². The molecule has 4 heteroatoms. The van der Waals surface area contributed by atoms with Crippen LogP contribution in [0.3, 0.4) is 0 Å². The van der Waals surface area contributed by atoms with Crippen molar-refractivity contribution in [3.8, 4) is 5.75 Å². The molecular weight excluding hydrogens is 384 g/mol. The molecule has 0 saturated carbocycles. The van der Waals surface area contributed by atoms with Crippen LogP contribution in [-0.4, -0.2) is 12.9 Å². The summed E-state index contributed by atoms with van der Waals surface area (Å²) in [5.74, 6) is 0.812. The van der Waals surface area contributed by atoms with Gasteiger partial charge in [0.1, 0.15) is 5.75 Å². The Morgan fingerprint density at radius 2 is 1.90 bits per heavy atom. The zero-order valence-electron chi connectivity index (χ0n) is 11.2. The maximum absolute atomic E-state index is 12.4. The molecule has 0 N–H and O–H groups in total. The predicted molar refractivity (Wildman–Crippen MR) is 87.6 cm³/mol. The number of methoxy groups -OCH3 is 1. The molecule has 0 radical (unpaired) electrons. The number of rotatable bonds is 4. The molecule has 0 aliphatic carbocycles. The monoisotopic (exact) mass is 396 g/mol. The Hall–Kier alpha value is -1.13. The van der Waals surface area contributed by atoms with Crippen molar-refractivity contribution in [3.05, 3.63) is 62.0 Å². The molecule has 0 unspecified atom stereocenters. The van der Waals surface area contributed by atoms with Crippen molar-refractivity contribution in [1.82, 2.24) is 0 Å². The molecule has 0 aliphatic heterocycles. The molecule has 0 aliphatic rings. The third-order valence-corrected chi connectivity index (χ3v) is 4.46. The van der Waals surface area contributed by atoms with Crippen LogP contribution in [0.25, 0.3) is 0 Å². The Labute approximate surface area is 135 Å². The molecule has 0 spiro atoms. The van der Waals surface area contributed by atoms with Gasteiger partial charge < -0.3 is 4.74 Å². The number of carbonyl (C=O) groups excluding carboxylic acids is 1. The van der Waals surface area contributed by atoms with E-state index in [-0.39, 0.29) is 5.78 Å². The number of hydrogen-bond donors (Lipinski definition) is 0. The molecule has 0 atom stereocenters. The molecule has 104 valence electrons. The second kappa shape index (κ2) is 6.55. The highest BCUT2D eigenvalue weighted by Crippen LogP contribution is 2.25. The van der Waals surface area contributed by atoms with Crippen molar-refractivity contribution in [3.63, 3.8) is 0 Å². The van der Waals surface area contributed by atoms with E-state index < -0.39 is 0 Å². The van der Waals surface area contributed by atoms with E-state index in [1.54, 1.807) is 7.11 Å². The van der Waals surface area contributed by atoms with E-state index in [9.17, 15) is 4.79 Å². The molecule has 0 saturated heterocycles. The largest absolute Gasteiger partial charge is 0.496 e. The van der Waals surface area contributed by atoms with Gasteiger partial charge in [-0.05, 0) is 42.8 Å². The molecule has 0 aromatic heterocycles. The van der Waals surface area contributed by atoms with Crippen LogP contribution in [0.5, 0.6) is 5.75 Å². The fourth-order valence-corrected chi connectivity index (χ4v) is 2.63. The SMILES string of the molecule is COc1ccc(Br)cc1CC(=O)c1ccc(Br)c(C)c1. The number of benzene rings is 2. The van der Waals surface area contributed by atoms with Gasteiger partial charge in [0.15, 0.2) is 5.78 Å². The Morgan fingerprint density at radius 1 is 1.15 bits per heavy atom. The fourth-order valence-electron chi connectivity index (χ4n) is 1.98. The lowest BCUT2D eigenvalue weighted by atomic mass is 10.0. The first-order chi connectivity index (χ1) is 9.51. The molecule has 2 aromatic carbocycles. The van der Waals surface area contributed by atoms with E-state index in [1.165, 1.54) is 0 Å². The highest BCUT2D eigenvalue weighted by Gasteiger charge is 2.12. The lowest BCUT2D eigenvalue weighted by Gasteiger charge is -2.09. The first-order valence-corrected chi connectivity index (χ1v) is 7.71. The number of carbonyl (C=O) groups is 1. The third kappa shape index (κ3) is 3.49. The van der Waals surface area contributed by atoms with Crippen molar-refractivity contribution in [2.75, 3.05) is 7.11 Å². The summed E-state index contributed by atoms with van der Waals surface area (Å²) >= 11 is 6.86. The average Bonchev–Trinajstić information content (AvgIpc) is 2.42. The van der Waals surface area contributed by atoms with Crippen LogP contribution in [0.2, 0.25) is 0 Å². The number of Topliss-reactive ketones (excluding diaryl/α,β-unsaturated/α-hetero) is 1. The minimum absolute atomic E-state index is 0.0806. The molecule has 2 rings (SSSR count). The number of hydrogen-bond acceptors (Lipinski definition) is 2. The molecule has 2 nitrogen and oxygen atoms in total. The summed E-state index contributed by atoms with van der Waals surface area (Å²) in [4.78, 5) is 12.4. The van der Waals surface area contributed by atoms with E-state index in [0.29, 0.717) is 12.0 Å². The summed E-state index contributed by atoms with van der Waals surface area (Å²) in [6.45, 7) is 1.97. The van der Waals surface area contributed by atoms with E-state index in [4.69, 9.17) is 4.74 Å². The van der Waals surface area contributed by atoms with Crippen LogP contribution in [0, 0.1) is 6.92 Å². The maximum atomic E-state index is 12.4. The summed E-state index contributed by atoms with van der Waals surface area (Å²) in [6.07, 6.45) is 0.323. The molecule has 2 aromatic rings. The van der Waals surface area contributed by atoms with E-state index in [0.717, 1.165) is 25.8 Å². The third-order valence-electron chi connectivity index (χ3n) is 3.07. The van der Waals surface area contributed by atoms with E-state index in [1.807, 2.05) is 43.3 Å². The Morgan fingerprint density at radius 3 is 2.55 bits per heavy atom. The summed E-state index contributed by atoms with van der Waals surface area (Å²) < 4.78 is 7.25. The van der Waals surface area contributed by atoms with Crippen LogP contribution >= 0.6 is 31.9 Å². The van der Waals surface area contributed by atoms with Gasteiger partial charge in [-0.3, -0.25) is 4.79 Å². The van der Waals surface area contributed by atoms with Gasteiger partial charge in [-0.15, -0.1) is 0 Å². The van der Waals surface area contributed by atoms with E-state index in [2.05, 4.69) is 31.9 Å². The van der Waals surface area contributed by atoms with Gasteiger partial charge in [-0.2, -0.15) is 0 Å². The van der Waals surface area contributed by atoms with Gasteiger partial charge in [-0.25, -0.2) is 0 Å². The zero-order chi connectivity index (χ0) is 14.7. The van der Waals surface area contributed by atoms with Crippen molar-refractivity contribution in [2.45, 2.75) is 13.3 Å². The minimum Gasteiger partial charge on any atom is -0.496 e. The topological polar surface area (TPSA) is 26.3 Å². The van der Waals surface area contributed by atoms with Gasteiger partial charge in [0, 0.05) is 26.5 Å². The van der Waals surface area contributed by atoms with Crippen molar-refractivity contribution in [2.24, 2.45) is 0 Å². The Kier molecular flexibility index (Phi) is 5.00. The van der Waals surface area contributed by atoms with Gasteiger partial charge >= 0.3 is 0 Å². The van der Waals surface area contributed by atoms with Crippen molar-refractivity contribution in [1.29, 1.82) is 0 Å². The molecule has 0 fully saturated rings. The lowest BCUT2D eigenvalue weighted by Crippen LogP contribution is -2.05. The first-order valence-electron chi connectivity index (χ1n) is 6.13.